The molecule has 1 aliphatic carbocycles. The van der Waals surface area contributed by atoms with Crippen LogP contribution in [0.3, 0.4) is 0 Å². The standard InChI is InChI=1S/C56H56N4O8/c1-3-33-57-51(62)46-48-52(63)68-49(41-21-13-8-14-22-41)47(40-19-11-7-12-20-40)60(48)50(42-24-26-43(27-25-42)67-35-34-61)56(46)44-36-38(29-32-55(66)30-15-4-5-16-31-55)23-28-45(44)59(53(56)64)54(65)58-37(2)39-17-9-6-10-18-39/h3,6-14,17-28,36-37,46-50,61,66H,1,4-5,15-16,30-31,33-35H2,2H3,(H,57,62)(H,58,65). The fourth-order valence-corrected chi connectivity index (χ4v) is 10.9. The van der Waals surface area contributed by atoms with Crippen molar-refractivity contribution >= 4 is 29.5 Å². The fraction of sp³-hybridized carbons (Fsp3) is 0.321. The Bertz CT molecular complexity index is 2710. The number of cyclic esters (lactones) is 1. The highest BCUT2D eigenvalue weighted by Crippen LogP contribution is 2.66. The first kappa shape index (κ1) is 46.1. The second-order valence-corrected chi connectivity index (χ2v) is 18.1. The van der Waals surface area contributed by atoms with E-state index in [1.54, 1.807) is 42.5 Å². The highest BCUT2D eigenvalue weighted by atomic mass is 16.6. The van der Waals surface area contributed by atoms with E-state index >= 15 is 19.2 Å². The van der Waals surface area contributed by atoms with Gasteiger partial charge in [-0.2, -0.15) is 0 Å². The molecule has 5 aromatic carbocycles. The second kappa shape index (κ2) is 19.7. The molecular weight excluding hydrogens is 857 g/mol. The number of nitrogens with one attached hydrogen (secondary N) is 2. The first-order chi connectivity index (χ1) is 33.1. The highest BCUT2D eigenvalue weighted by molar-refractivity contribution is 6.24. The Morgan fingerprint density at radius 3 is 2.15 bits per heavy atom. The monoisotopic (exact) mass is 912 g/mol. The molecule has 12 nitrogen and oxygen atoms in total. The summed E-state index contributed by atoms with van der Waals surface area (Å²) in [5.74, 6) is 3.33. The molecule has 68 heavy (non-hydrogen) atoms. The van der Waals surface area contributed by atoms with Gasteiger partial charge in [0.15, 0.2) is 0 Å². The molecule has 0 bridgehead atoms. The van der Waals surface area contributed by atoms with E-state index < -0.39 is 71.0 Å². The zero-order valence-corrected chi connectivity index (χ0v) is 38.1. The molecule has 9 rings (SSSR count). The summed E-state index contributed by atoms with van der Waals surface area (Å²) >= 11 is 0. The van der Waals surface area contributed by atoms with Crippen molar-refractivity contribution in [2.45, 2.75) is 86.7 Å². The second-order valence-electron chi connectivity index (χ2n) is 18.1. The molecule has 4 N–H and O–H groups in total. The highest BCUT2D eigenvalue weighted by Gasteiger charge is 2.75. The van der Waals surface area contributed by atoms with Gasteiger partial charge < -0.3 is 30.3 Å². The van der Waals surface area contributed by atoms with Gasteiger partial charge in [0.1, 0.15) is 35.5 Å². The maximum atomic E-state index is 16.5. The molecule has 1 spiro atoms. The lowest BCUT2D eigenvalue weighted by Crippen LogP contribution is -2.56. The predicted octanol–water partition coefficient (Wildman–Crippen LogP) is 7.93. The minimum atomic E-state index is -2.00. The Hall–Kier alpha value is -7.04. The van der Waals surface area contributed by atoms with Crippen LogP contribution < -0.4 is 20.3 Å². The van der Waals surface area contributed by atoms with E-state index in [0.29, 0.717) is 40.8 Å². The van der Waals surface area contributed by atoms with Crippen molar-refractivity contribution < 1.29 is 38.9 Å². The number of amides is 4. The number of imide groups is 1. The summed E-state index contributed by atoms with van der Waals surface area (Å²) in [4.78, 5) is 65.4. The first-order valence-electron chi connectivity index (χ1n) is 23.5. The van der Waals surface area contributed by atoms with Crippen LogP contribution in [0, 0.1) is 17.8 Å². The minimum Gasteiger partial charge on any atom is -0.491 e. The summed E-state index contributed by atoms with van der Waals surface area (Å²) < 4.78 is 12.4. The van der Waals surface area contributed by atoms with Gasteiger partial charge in [-0.15, -0.1) is 6.58 Å². The third-order valence-corrected chi connectivity index (χ3v) is 13.9. The molecule has 348 valence electrons. The Labute approximate surface area is 397 Å². The third-order valence-electron chi connectivity index (χ3n) is 13.9. The van der Waals surface area contributed by atoms with Crippen LogP contribution in [0.25, 0.3) is 0 Å². The minimum absolute atomic E-state index is 0.0213. The maximum absolute atomic E-state index is 16.5. The molecule has 3 heterocycles. The van der Waals surface area contributed by atoms with Crippen LogP contribution in [0.4, 0.5) is 10.5 Å². The van der Waals surface area contributed by atoms with E-state index in [1.807, 2.05) is 103 Å². The van der Waals surface area contributed by atoms with Gasteiger partial charge >= 0.3 is 12.0 Å². The van der Waals surface area contributed by atoms with Gasteiger partial charge in [-0.1, -0.05) is 134 Å². The lowest BCUT2D eigenvalue weighted by molar-refractivity contribution is -0.178. The topological polar surface area (TPSA) is 158 Å². The molecule has 3 aliphatic heterocycles. The smallest absolute Gasteiger partial charge is 0.329 e. The normalized spacial score (nSPS) is 24.3. The van der Waals surface area contributed by atoms with Crippen LogP contribution in [0.15, 0.2) is 146 Å². The van der Waals surface area contributed by atoms with Crippen molar-refractivity contribution in [3.05, 3.63) is 179 Å². The number of fused-ring (bicyclic) bond motifs is 3. The van der Waals surface area contributed by atoms with Gasteiger partial charge in [-0.05, 0) is 90.8 Å². The van der Waals surface area contributed by atoms with Crippen LogP contribution in [0.1, 0.15) is 103 Å². The number of hydrogen-bond donors (Lipinski definition) is 4. The van der Waals surface area contributed by atoms with E-state index in [4.69, 9.17) is 9.47 Å². The lowest BCUT2D eigenvalue weighted by atomic mass is 9.65. The average molecular weight is 913 g/mol. The van der Waals surface area contributed by atoms with Crippen molar-refractivity contribution in [3.63, 3.8) is 0 Å². The molecule has 4 amide bonds. The molecular formula is C56H56N4O8. The number of aliphatic hydroxyl groups excluding tert-OH is 1. The van der Waals surface area contributed by atoms with Gasteiger partial charge in [0, 0.05) is 12.1 Å². The van der Waals surface area contributed by atoms with E-state index in [9.17, 15) is 10.2 Å². The van der Waals surface area contributed by atoms with Gasteiger partial charge in [0.25, 0.3) is 0 Å². The Kier molecular flexibility index (Phi) is 13.3. The molecule has 7 unspecified atom stereocenters. The van der Waals surface area contributed by atoms with Gasteiger partial charge in [-0.3, -0.25) is 19.3 Å². The zero-order chi connectivity index (χ0) is 47.4. The number of carbonyl (C=O) groups excluding carboxylic acids is 4. The van der Waals surface area contributed by atoms with Gasteiger partial charge in [0.2, 0.25) is 11.8 Å². The number of benzene rings is 5. The number of anilines is 1. The molecule has 0 radical (unpaired) electrons. The van der Waals surface area contributed by atoms with Crippen molar-refractivity contribution in [1.82, 2.24) is 15.5 Å². The van der Waals surface area contributed by atoms with Crippen molar-refractivity contribution in [1.29, 1.82) is 0 Å². The zero-order valence-electron chi connectivity index (χ0n) is 38.1. The average Bonchev–Trinajstić information content (AvgIpc) is 3.70. The number of ether oxygens (including phenoxy) is 2. The van der Waals surface area contributed by atoms with E-state index in [2.05, 4.69) is 29.1 Å². The van der Waals surface area contributed by atoms with Crippen LogP contribution in [0.5, 0.6) is 5.75 Å². The number of carbonyl (C=O) groups is 4. The maximum Gasteiger partial charge on any atom is 0.329 e. The molecule has 1 saturated carbocycles. The summed E-state index contributed by atoms with van der Waals surface area (Å²) in [7, 11) is 0. The first-order valence-corrected chi connectivity index (χ1v) is 23.5. The molecule has 12 heteroatoms. The number of nitrogens with zero attached hydrogens (tertiary/aromatic N) is 2. The lowest BCUT2D eigenvalue weighted by Gasteiger charge is -2.46. The van der Waals surface area contributed by atoms with Crippen LogP contribution >= 0.6 is 0 Å². The largest absolute Gasteiger partial charge is 0.491 e. The third kappa shape index (κ3) is 8.47. The van der Waals surface area contributed by atoms with Crippen molar-refractivity contribution in [3.8, 4) is 17.6 Å². The predicted molar refractivity (Wildman–Crippen MR) is 257 cm³/mol. The molecule has 0 aromatic heterocycles. The molecule has 3 fully saturated rings. The van der Waals surface area contributed by atoms with Crippen LogP contribution in [0.2, 0.25) is 0 Å². The number of urea groups is 1. The molecule has 5 aromatic rings. The summed E-state index contributed by atoms with van der Waals surface area (Å²) in [5.41, 5.74) is 0.621. The summed E-state index contributed by atoms with van der Waals surface area (Å²) in [6, 6.07) is 36.1. The fourth-order valence-electron chi connectivity index (χ4n) is 10.9. The quantitative estimate of drug-likeness (QED) is 0.0447. The number of rotatable bonds is 11. The molecule has 7 atom stereocenters. The Morgan fingerprint density at radius 2 is 1.50 bits per heavy atom. The van der Waals surface area contributed by atoms with Gasteiger partial charge in [0.05, 0.1) is 36.3 Å². The van der Waals surface area contributed by atoms with Crippen LogP contribution in [-0.4, -0.2) is 70.3 Å². The Balaban J connectivity index is 1.33. The SMILES string of the molecule is C=CCNC(=O)C1C2C(=O)OC(c3ccccc3)C(c3ccccc3)N2C(c2ccc(OCCO)cc2)C12C(=O)N(C(=O)NC(C)c1ccccc1)c1ccc(C#CC3(O)CCCCCC3)cc12. The van der Waals surface area contributed by atoms with E-state index in [1.165, 1.54) is 6.08 Å². The van der Waals surface area contributed by atoms with E-state index in [-0.39, 0.29) is 25.4 Å². The van der Waals surface area contributed by atoms with Crippen molar-refractivity contribution in [2.24, 2.45) is 5.92 Å². The number of aliphatic hydroxyl groups is 2. The number of esters is 1. The van der Waals surface area contributed by atoms with Gasteiger partial charge in [-0.25, -0.2) is 9.69 Å². The number of hydrogen-bond acceptors (Lipinski definition) is 9. The number of morpholine rings is 1. The molecule has 2 saturated heterocycles. The Morgan fingerprint density at radius 1 is 0.853 bits per heavy atom. The summed E-state index contributed by atoms with van der Waals surface area (Å²) in [6.45, 7) is 5.53. The summed E-state index contributed by atoms with van der Waals surface area (Å²) in [6.07, 6.45) is 5.37. The van der Waals surface area contributed by atoms with Crippen LogP contribution in [-0.2, 0) is 24.5 Å². The van der Waals surface area contributed by atoms with E-state index in [0.717, 1.165) is 41.7 Å². The molecule has 4 aliphatic rings. The summed E-state index contributed by atoms with van der Waals surface area (Å²) in [5, 5.41) is 27.3. The van der Waals surface area contributed by atoms with Crippen molar-refractivity contribution in [2.75, 3.05) is 24.7 Å².